The Balaban J connectivity index is 2.12. The SMILES string of the molecule is Nc1cc(Cl)c(Cl)cc1NCc1ccon1. The van der Waals surface area contributed by atoms with Crippen molar-refractivity contribution in [2.75, 3.05) is 11.1 Å². The average Bonchev–Trinajstić information content (AvgIpc) is 2.74. The Morgan fingerprint density at radius 1 is 1.31 bits per heavy atom. The van der Waals surface area contributed by atoms with Gasteiger partial charge in [-0.25, -0.2) is 0 Å². The maximum atomic E-state index is 5.88. The van der Waals surface area contributed by atoms with Gasteiger partial charge in [0.15, 0.2) is 0 Å². The zero-order chi connectivity index (χ0) is 11.5. The van der Waals surface area contributed by atoms with Gasteiger partial charge in [-0.05, 0) is 12.1 Å². The predicted molar refractivity (Wildman–Crippen MR) is 64.7 cm³/mol. The minimum Gasteiger partial charge on any atom is -0.397 e. The highest BCUT2D eigenvalue weighted by Gasteiger charge is 2.05. The van der Waals surface area contributed by atoms with Gasteiger partial charge >= 0.3 is 0 Å². The fraction of sp³-hybridized carbons (Fsp3) is 0.100. The minimum absolute atomic E-state index is 0.436. The minimum atomic E-state index is 0.436. The molecular formula is C10H9Cl2N3O. The van der Waals surface area contributed by atoms with Crippen LogP contribution >= 0.6 is 23.2 Å². The highest BCUT2D eigenvalue weighted by atomic mass is 35.5. The molecule has 1 aromatic heterocycles. The molecule has 0 fully saturated rings. The molecule has 0 unspecified atom stereocenters. The van der Waals surface area contributed by atoms with Gasteiger partial charge in [0.2, 0.25) is 0 Å². The summed E-state index contributed by atoms with van der Waals surface area (Å²) in [6.07, 6.45) is 1.51. The van der Waals surface area contributed by atoms with Gasteiger partial charge in [0, 0.05) is 6.07 Å². The third-order valence-electron chi connectivity index (χ3n) is 2.04. The Kier molecular flexibility index (Phi) is 3.22. The van der Waals surface area contributed by atoms with E-state index in [-0.39, 0.29) is 0 Å². The molecule has 1 heterocycles. The second-order valence-corrected chi connectivity index (χ2v) is 4.01. The molecule has 6 heteroatoms. The summed E-state index contributed by atoms with van der Waals surface area (Å²) in [5.41, 5.74) is 7.82. The molecule has 1 aromatic carbocycles. The molecule has 84 valence electrons. The monoisotopic (exact) mass is 257 g/mol. The third-order valence-corrected chi connectivity index (χ3v) is 2.77. The summed E-state index contributed by atoms with van der Waals surface area (Å²) in [5.74, 6) is 0. The maximum absolute atomic E-state index is 5.88. The Bertz CT molecular complexity index is 485. The molecule has 0 aliphatic rings. The van der Waals surface area contributed by atoms with Gasteiger partial charge in [0.1, 0.15) is 12.0 Å². The molecule has 4 nitrogen and oxygen atoms in total. The molecule has 0 aliphatic heterocycles. The van der Waals surface area contributed by atoms with Crippen molar-refractivity contribution >= 4 is 34.6 Å². The Morgan fingerprint density at radius 3 is 2.75 bits per heavy atom. The first kappa shape index (κ1) is 11.1. The lowest BCUT2D eigenvalue weighted by Crippen LogP contribution is -2.02. The van der Waals surface area contributed by atoms with Crippen molar-refractivity contribution in [2.24, 2.45) is 0 Å². The second kappa shape index (κ2) is 4.63. The van der Waals surface area contributed by atoms with Crippen LogP contribution in [0.5, 0.6) is 0 Å². The molecule has 0 saturated carbocycles. The molecule has 0 aliphatic carbocycles. The summed E-state index contributed by atoms with van der Waals surface area (Å²) in [6.45, 7) is 0.513. The third kappa shape index (κ3) is 2.40. The first-order valence-corrected chi connectivity index (χ1v) is 5.30. The Morgan fingerprint density at radius 2 is 2.06 bits per heavy atom. The number of hydrogen-bond donors (Lipinski definition) is 2. The van der Waals surface area contributed by atoms with Crippen molar-refractivity contribution in [3.63, 3.8) is 0 Å². The molecule has 0 amide bonds. The van der Waals surface area contributed by atoms with Crippen LogP contribution in [0.25, 0.3) is 0 Å². The number of nitrogen functional groups attached to an aromatic ring is 1. The summed E-state index contributed by atoms with van der Waals surface area (Å²) in [7, 11) is 0. The van der Waals surface area contributed by atoms with Crippen LogP contribution in [0.4, 0.5) is 11.4 Å². The van der Waals surface area contributed by atoms with Crippen LogP contribution in [0.15, 0.2) is 29.0 Å². The Labute approximate surface area is 102 Å². The average molecular weight is 258 g/mol. The number of nitrogens with one attached hydrogen (secondary N) is 1. The summed E-state index contributed by atoms with van der Waals surface area (Å²) in [4.78, 5) is 0. The number of nitrogens with two attached hydrogens (primary N) is 1. The van der Waals surface area contributed by atoms with E-state index in [2.05, 4.69) is 10.5 Å². The van der Waals surface area contributed by atoms with E-state index in [0.29, 0.717) is 22.3 Å². The van der Waals surface area contributed by atoms with Crippen LogP contribution in [0.2, 0.25) is 10.0 Å². The van der Waals surface area contributed by atoms with Crippen LogP contribution in [0.3, 0.4) is 0 Å². The first-order valence-electron chi connectivity index (χ1n) is 4.54. The van der Waals surface area contributed by atoms with Crippen LogP contribution in [-0.4, -0.2) is 5.16 Å². The highest BCUT2D eigenvalue weighted by molar-refractivity contribution is 6.42. The van der Waals surface area contributed by atoms with Crippen molar-refractivity contribution in [1.82, 2.24) is 5.16 Å². The van der Waals surface area contributed by atoms with Gasteiger partial charge < -0.3 is 15.6 Å². The molecule has 2 aromatic rings. The molecule has 0 saturated heterocycles. The summed E-state index contributed by atoms with van der Waals surface area (Å²) < 4.78 is 4.71. The predicted octanol–water partition coefficient (Wildman–Crippen LogP) is 3.18. The summed E-state index contributed by atoms with van der Waals surface area (Å²) in [5, 5.41) is 7.75. The molecule has 0 spiro atoms. The maximum Gasteiger partial charge on any atom is 0.124 e. The van der Waals surface area contributed by atoms with E-state index in [1.165, 1.54) is 6.26 Å². The molecule has 0 bridgehead atoms. The van der Waals surface area contributed by atoms with E-state index in [9.17, 15) is 0 Å². The van der Waals surface area contributed by atoms with Crippen molar-refractivity contribution in [2.45, 2.75) is 6.54 Å². The van der Waals surface area contributed by atoms with Crippen molar-refractivity contribution in [3.8, 4) is 0 Å². The molecule has 2 rings (SSSR count). The van der Waals surface area contributed by atoms with Gasteiger partial charge in [-0.2, -0.15) is 0 Å². The molecule has 0 atom stereocenters. The lowest BCUT2D eigenvalue weighted by molar-refractivity contribution is 0.412. The van der Waals surface area contributed by atoms with Crippen molar-refractivity contribution in [1.29, 1.82) is 0 Å². The topological polar surface area (TPSA) is 64.1 Å². The number of halogens is 2. The number of benzene rings is 1. The van der Waals surface area contributed by atoms with Gasteiger partial charge in [-0.3, -0.25) is 0 Å². The number of hydrogen-bond acceptors (Lipinski definition) is 4. The fourth-order valence-electron chi connectivity index (χ4n) is 1.23. The number of anilines is 2. The van der Waals surface area contributed by atoms with E-state index < -0.39 is 0 Å². The first-order chi connectivity index (χ1) is 7.66. The van der Waals surface area contributed by atoms with Gasteiger partial charge in [-0.15, -0.1) is 0 Å². The van der Waals surface area contributed by atoms with E-state index in [0.717, 1.165) is 11.4 Å². The molecule has 3 N–H and O–H groups in total. The van der Waals surface area contributed by atoms with Crippen LogP contribution < -0.4 is 11.1 Å². The number of nitrogens with zero attached hydrogens (tertiary/aromatic N) is 1. The van der Waals surface area contributed by atoms with E-state index in [4.69, 9.17) is 33.5 Å². The highest BCUT2D eigenvalue weighted by Crippen LogP contribution is 2.30. The van der Waals surface area contributed by atoms with E-state index in [1.54, 1.807) is 18.2 Å². The standard InChI is InChI=1S/C10H9Cl2N3O/c11-7-3-9(13)10(4-8(7)12)14-5-6-1-2-16-15-6/h1-4,14H,5,13H2. The van der Waals surface area contributed by atoms with Crippen molar-refractivity contribution in [3.05, 3.63) is 40.2 Å². The van der Waals surface area contributed by atoms with Crippen LogP contribution in [-0.2, 0) is 6.54 Å². The quantitative estimate of drug-likeness (QED) is 0.830. The number of rotatable bonds is 3. The zero-order valence-corrected chi connectivity index (χ0v) is 9.72. The lowest BCUT2D eigenvalue weighted by Gasteiger charge is -2.09. The van der Waals surface area contributed by atoms with Crippen LogP contribution in [0.1, 0.15) is 5.69 Å². The largest absolute Gasteiger partial charge is 0.397 e. The van der Waals surface area contributed by atoms with Gasteiger partial charge in [0.05, 0.1) is 28.0 Å². The summed E-state index contributed by atoms with van der Waals surface area (Å²) >= 11 is 11.7. The van der Waals surface area contributed by atoms with E-state index >= 15 is 0 Å². The fourth-order valence-corrected chi connectivity index (χ4v) is 1.57. The summed E-state index contributed by atoms with van der Waals surface area (Å²) in [6, 6.07) is 5.05. The van der Waals surface area contributed by atoms with Gasteiger partial charge in [-0.1, -0.05) is 28.4 Å². The van der Waals surface area contributed by atoms with Crippen LogP contribution in [0, 0.1) is 0 Å². The lowest BCUT2D eigenvalue weighted by atomic mass is 10.2. The van der Waals surface area contributed by atoms with Gasteiger partial charge in [0.25, 0.3) is 0 Å². The van der Waals surface area contributed by atoms with E-state index in [1.807, 2.05) is 0 Å². The smallest absolute Gasteiger partial charge is 0.124 e. The second-order valence-electron chi connectivity index (χ2n) is 3.20. The molecule has 16 heavy (non-hydrogen) atoms. The normalized spacial score (nSPS) is 10.4. The molecular weight excluding hydrogens is 249 g/mol. The Hall–Kier alpha value is -1.39. The number of aromatic nitrogens is 1. The zero-order valence-electron chi connectivity index (χ0n) is 8.21. The molecule has 0 radical (unpaired) electrons. The van der Waals surface area contributed by atoms with Crippen molar-refractivity contribution < 1.29 is 4.52 Å².